The molecule has 1 aromatic carbocycles. The first-order chi connectivity index (χ1) is 8.34. The van der Waals surface area contributed by atoms with Gasteiger partial charge in [-0.3, -0.25) is 4.98 Å². The van der Waals surface area contributed by atoms with Crippen molar-refractivity contribution < 1.29 is 4.74 Å². The normalized spacial score (nSPS) is 20.6. The molecule has 0 bridgehead atoms. The molecule has 0 radical (unpaired) electrons. The number of hydrogen-bond donors (Lipinski definition) is 0. The molecule has 17 heavy (non-hydrogen) atoms. The van der Waals surface area contributed by atoms with Crippen molar-refractivity contribution in [1.29, 1.82) is 0 Å². The summed E-state index contributed by atoms with van der Waals surface area (Å²) >= 11 is 3.54. The molecule has 3 heteroatoms. The van der Waals surface area contributed by atoms with Crippen LogP contribution in [0.2, 0.25) is 0 Å². The predicted molar refractivity (Wildman–Crippen MR) is 72.2 cm³/mol. The van der Waals surface area contributed by atoms with E-state index in [2.05, 4.69) is 39.1 Å². The fourth-order valence-corrected chi connectivity index (χ4v) is 2.83. The van der Waals surface area contributed by atoms with Crippen LogP contribution in [0.3, 0.4) is 0 Å². The lowest BCUT2D eigenvalue weighted by Crippen LogP contribution is -2.15. The van der Waals surface area contributed by atoms with Gasteiger partial charge >= 0.3 is 0 Å². The molecule has 2 aromatic rings. The molecular formula is C14H14BrNO. The van der Waals surface area contributed by atoms with E-state index in [1.165, 1.54) is 22.8 Å². The Labute approximate surface area is 109 Å². The Hall–Kier alpha value is -0.930. The van der Waals surface area contributed by atoms with E-state index >= 15 is 0 Å². The fraction of sp³-hybridized carbons (Fsp3) is 0.357. The molecule has 1 fully saturated rings. The fourth-order valence-electron chi connectivity index (χ4n) is 2.47. The van der Waals surface area contributed by atoms with Gasteiger partial charge in [-0.2, -0.15) is 0 Å². The molecular weight excluding hydrogens is 278 g/mol. The first kappa shape index (κ1) is 11.2. The summed E-state index contributed by atoms with van der Waals surface area (Å²) < 4.78 is 6.70. The van der Waals surface area contributed by atoms with Gasteiger partial charge in [0.15, 0.2) is 0 Å². The molecule has 0 aliphatic carbocycles. The van der Waals surface area contributed by atoms with Crippen molar-refractivity contribution in [3.05, 3.63) is 40.6 Å². The number of aromatic nitrogens is 1. The maximum Gasteiger partial charge on any atom is 0.0535 e. The molecule has 88 valence electrons. The lowest BCUT2D eigenvalue weighted by molar-refractivity contribution is 0.0807. The second-order valence-corrected chi connectivity index (χ2v) is 5.42. The van der Waals surface area contributed by atoms with Crippen molar-refractivity contribution in [3.8, 4) is 0 Å². The predicted octanol–water partition coefficient (Wildman–Crippen LogP) is 3.89. The Kier molecular flexibility index (Phi) is 3.12. The van der Waals surface area contributed by atoms with Crippen LogP contribution in [0.25, 0.3) is 10.8 Å². The van der Waals surface area contributed by atoms with Gasteiger partial charge in [0.2, 0.25) is 0 Å². The van der Waals surface area contributed by atoms with Gasteiger partial charge in [0.05, 0.1) is 6.61 Å². The molecule has 0 N–H and O–H groups in total. The van der Waals surface area contributed by atoms with Crippen LogP contribution in [-0.2, 0) is 4.74 Å². The molecule has 0 amide bonds. The molecule has 1 atom stereocenters. The summed E-state index contributed by atoms with van der Waals surface area (Å²) in [6.45, 7) is 1.73. The monoisotopic (exact) mass is 291 g/mol. The van der Waals surface area contributed by atoms with Crippen LogP contribution in [0.15, 0.2) is 35.1 Å². The van der Waals surface area contributed by atoms with E-state index < -0.39 is 0 Å². The first-order valence-corrected chi connectivity index (χ1v) is 6.75. The Morgan fingerprint density at radius 1 is 1.29 bits per heavy atom. The molecule has 3 rings (SSSR count). The highest BCUT2D eigenvalue weighted by atomic mass is 79.9. The quantitative estimate of drug-likeness (QED) is 0.795. The van der Waals surface area contributed by atoms with Crippen molar-refractivity contribution in [2.24, 2.45) is 0 Å². The Bertz CT molecular complexity index is 535. The van der Waals surface area contributed by atoms with Crippen molar-refractivity contribution in [3.63, 3.8) is 0 Å². The second-order valence-electron chi connectivity index (χ2n) is 4.51. The summed E-state index contributed by atoms with van der Waals surface area (Å²) in [6.07, 6.45) is 6.27. The van der Waals surface area contributed by atoms with Crippen LogP contribution >= 0.6 is 15.9 Å². The van der Waals surface area contributed by atoms with E-state index in [0.29, 0.717) is 5.92 Å². The largest absolute Gasteiger partial charge is 0.381 e. The molecule has 1 saturated heterocycles. The van der Waals surface area contributed by atoms with E-state index in [4.69, 9.17) is 4.74 Å². The van der Waals surface area contributed by atoms with Crippen LogP contribution in [0.4, 0.5) is 0 Å². The minimum atomic E-state index is 0.495. The minimum absolute atomic E-state index is 0.495. The van der Waals surface area contributed by atoms with E-state index in [-0.39, 0.29) is 0 Å². The summed E-state index contributed by atoms with van der Waals surface area (Å²) in [5.74, 6) is 0.495. The number of hydrogen-bond acceptors (Lipinski definition) is 2. The maximum atomic E-state index is 5.58. The van der Waals surface area contributed by atoms with Gasteiger partial charge in [0, 0.05) is 34.8 Å². The standard InChI is InChI=1S/C14H14BrNO/c15-12-4-3-10-7-16-8-14(13(10)6-12)11-2-1-5-17-9-11/h3-4,6-8,11H,1-2,5,9H2. The van der Waals surface area contributed by atoms with Gasteiger partial charge in [-0.15, -0.1) is 0 Å². The average Bonchev–Trinajstić information content (AvgIpc) is 2.39. The lowest BCUT2D eigenvalue weighted by Gasteiger charge is -2.23. The van der Waals surface area contributed by atoms with Crippen molar-refractivity contribution in [2.45, 2.75) is 18.8 Å². The van der Waals surface area contributed by atoms with Gasteiger partial charge in [-0.05, 0) is 35.9 Å². The highest BCUT2D eigenvalue weighted by Gasteiger charge is 2.18. The summed E-state index contributed by atoms with van der Waals surface area (Å²) in [5.41, 5.74) is 1.32. The molecule has 2 nitrogen and oxygen atoms in total. The molecule has 1 aliphatic rings. The summed E-state index contributed by atoms with van der Waals surface area (Å²) in [7, 11) is 0. The zero-order valence-corrected chi connectivity index (χ0v) is 11.1. The number of halogens is 1. The molecule has 1 aromatic heterocycles. The Morgan fingerprint density at radius 2 is 2.24 bits per heavy atom. The second kappa shape index (κ2) is 4.75. The van der Waals surface area contributed by atoms with Crippen LogP contribution < -0.4 is 0 Å². The minimum Gasteiger partial charge on any atom is -0.381 e. The number of rotatable bonds is 1. The molecule has 1 unspecified atom stereocenters. The molecule has 1 aliphatic heterocycles. The number of pyridine rings is 1. The van der Waals surface area contributed by atoms with Gasteiger partial charge in [0.1, 0.15) is 0 Å². The number of ether oxygens (including phenoxy) is 1. The molecule has 0 spiro atoms. The van der Waals surface area contributed by atoms with E-state index in [9.17, 15) is 0 Å². The Morgan fingerprint density at radius 3 is 3.06 bits per heavy atom. The Balaban J connectivity index is 2.11. The molecule has 2 heterocycles. The summed E-state index contributed by atoms with van der Waals surface area (Å²) in [4.78, 5) is 4.35. The van der Waals surface area contributed by atoms with Crippen molar-refractivity contribution in [1.82, 2.24) is 4.98 Å². The highest BCUT2D eigenvalue weighted by Crippen LogP contribution is 2.31. The third kappa shape index (κ3) is 2.22. The first-order valence-electron chi connectivity index (χ1n) is 5.95. The SMILES string of the molecule is Brc1ccc2cncc(C3CCCOC3)c2c1. The third-order valence-corrected chi connectivity index (χ3v) is 3.85. The summed E-state index contributed by atoms with van der Waals surface area (Å²) in [5, 5.41) is 2.50. The van der Waals surface area contributed by atoms with E-state index in [1.807, 2.05) is 12.4 Å². The van der Waals surface area contributed by atoms with Gasteiger partial charge in [0.25, 0.3) is 0 Å². The van der Waals surface area contributed by atoms with E-state index in [0.717, 1.165) is 24.1 Å². The topological polar surface area (TPSA) is 22.1 Å². The van der Waals surface area contributed by atoms with Crippen LogP contribution in [0.1, 0.15) is 24.3 Å². The third-order valence-electron chi connectivity index (χ3n) is 3.35. The smallest absolute Gasteiger partial charge is 0.0535 e. The van der Waals surface area contributed by atoms with Crippen molar-refractivity contribution in [2.75, 3.05) is 13.2 Å². The van der Waals surface area contributed by atoms with Crippen LogP contribution in [0.5, 0.6) is 0 Å². The number of fused-ring (bicyclic) bond motifs is 1. The number of nitrogens with zero attached hydrogens (tertiary/aromatic N) is 1. The maximum absolute atomic E-state index is 5.58. The zero-order valence-electron chi connectivity index (χ0n) is 9.53. The van der Waals surface area contributed by atoms with Gasteiger partial charge in [-0.1, -0.05) is 22.0 Å². The lowest BCUT2D eigenvalue weighted by atomic mass is 9.91. The highest BCUT2D eigenvalue weighted by molar-refractivity contribution is 9.10. The zero-order chi connectivity index (χ0) is 11.7. The van der Waals surface area contributed by atoms with Gasteiger partial charge in [-0.25, -0.2) is 0 Å². The average molecular weight is 292 g/mol. The van der Waals surface area contributed by atoms with Crippen molar-refractivity contribution >= 4 is 26.7 Å². The van der Waals surface area contributed by atoms with Crippen LogP contribution in [0, 0.1) is 0 Å². The van der Waals surface area contributed by atoms with Gasteiger partial charge < -0.3 is 4.74 Å². The van der Waals surface area contributed by atoms with E-state index in [1.54, 1.807) is 0 Å². The summed E-state index contributed by atoms with van der Waals surface area (Å²) in [6, 6.07) is 6.35. The van der Waals surface area contributed by atoms with Crippen LogP contribution in [-0.4, -0.2) is 18.2 Å². The number of benzene rings is 1. The molecule has 0 saturated carbocycles.